The topological polar surface area (TPSA) is 95.5 Å². The first-order chi connectivity index (χ1) is 13.7. The minimum Gasteiger partial charge on any atom is -0.506 e. The smallest absolute Gasteiger partial charge is 0.261 e. The average Bonchev–Trinajstić information content (AvgIpc) is 2.66. The van der Waals surface area contributed by atoms with E-state index in [4.69, 9.17) is 0 Å². The van der Waals surface area contributed by atoms with Crippen molar-refractivity contribution in [3.63, 3.8) is 0 Å². The molecule has 0 radical (unpaired) electrons. The van der Waals surface area contributed by atoms with Crippen LogP contribution < -0.4 is 10.0 Å². The van der Waals surface area contributed by atoms with E-state index < -0.39 is 21.7 Å². The van der Waals surface area contributed by atoms with Gasteiger partial charge in [-0.2, -0.15) is 0 Å². The van der Waals surface area contributed by atoms with Gasteiger partial charge >= 0.3 is 0 Å². The molecule has 0 unspecified atom stereocenters. The fourth-order valence-corrected chi connectivity index (χ4v) is 3.77. The molecule has 29 heavy (non-hydrogen) atoms. The van der Waals surface area contributed by atoms with Gasteiger partial charge in [0.2, 0.25) is 0 Å². The first-order valence-electron chi connectivity index (χ1n) is 8.66. The van der Waals surface area contributed by atoms with E-state index in [2.05, 4.69) is 10.0 Å². The van der Waals surface area contributed by atoms with Gasteiger partial charge in [0.15, 0.2) is 0 Å². The van der Waals surface area contributed by atoms with Crippen LogP contribution in [0.5, 0.6) is 5.75 Å². The largest absolute Gasteiger partial charge is 0.506 e. The number of aromatic hydroxyl groups is 1. The Balaban J connectivity index is 1.74. The molecule has 0 heterocycles. The summed E-state index contributed by atoms with van der Waals surface area (Å²) >= 11 is 0. The van der Waals surface area contributed by atoms with Gasteiger partial charge in [0, 0.05) is 11.3 Å². The summed E-state index contributed by atoms with van der Waals surface area (Å²) in [6.07, 6.45) is 0. The van der Waals surface area contributed by atoms with E-state index >= 15 is 0 Å². The number of hydrogen-bond donors (Lipinski definition) is 3. The maximum atomic E-state index is 13.4. The Labute approximate surface area is 168 Å². The number of halogens is 1. The lowest BCUT2D eigenvalue weighted by Crippen LogP contribution is -2.14. The summed E-state index contributed by atoms with van der Waals surface area (Å²) < 4.78 is 40.7. The van der Waals surface area contributed by atoms with Gasteiger partial charge in [0.05, 0.1) is 10.6 Å². The maximum Gasteiger partial charge on any atom is 0.261 e. The van der Waals surface area contributed by atoms with Crippen molar-refractivity contribution in [1.29, 1.82) is 0 Å². The van der Waals surface area contributed by atoms with Crippen molar-refractivity contribution >= 4 is 27.3 Å². The van der Waals surface area contributed by atoms with Crippen LogP contribution in [0.25, 0.3) is 0 Å². The molecule has 0 aliphatic carbocycles. The van der Waals surface area contributed by atoms with Crippen LogP contribution >= 0.6 is 0 Å². The number of anilines is 2. The SMILES string of the molecule is Cc1ccc(NC(=O)c2ccc(NS(=O)(=O)c3ccc(F)c(C)c3)cc2)c(O)c1. The third-order valence-corrected chi connectivity index (χ3v) is 5.62. The Morgan fingerprint density at radius 3 is 2.28 bits per heavy atom. The summed E-state index contributed by atoms with van der Waals surface area (Å²) in [6.45, 7) is 3.30. The number of carbonyl (C=O) groups is 1. The predicted molar refractivity (Wildman–Crippen MR) is 109 cm³/mol. The lowest BCUT2D eigenvalue weighted by molar-refractivity contribution is 0.102. The molecule has 6 nitrogen and oxygen atoms in total. The Hall–Kier alpha value is -3.39. The predicted octanol–water partition coefficient (Wildman–Crippen LogP) is 4.20. The molecule has 0 atom stereocenters. The second kappa shape index (κ2) is 7.92. The van der Waals surface area contributed by atoms with Crippen molar-refractivity contribution in [3.8, 4) is 5.75 Å². The number of rotatable bonds is 5. The molecule has 3 aromatic rings. The molecule has 3 N–H and O–H groups in total. The summed E-state index contributed by atoms with van der Waals surface area (Å²) in [6, 6.07) is 14.2. The average molecular weight is 414 g/mol. The van der Waals surface area contributed by atoms with Gasteiger partial charge in [0.25, 0.3) is 15.9 Å². The molecule has 0 saturated carbocycles. The molecular weight excluding hydrogens is 395 g/mol. The molecule has 3 aromatic carbocycles. The maximum absolute atomic E-state index is 13.4. The fraction of sp³-hybridized carbons (Fsp3) is 0.0952. The van der Waals surface area contributed by atoms with Gasteiger partial charge in [0.1, 0.15) is 11.6 Å². The van der Waals surface area contributed by atoms with Crippen molar-refractivity contribution < 1.29 is 22.7 Å². The van der Waals surface area contributed by atoms with Crippen LogP contribution in [0.3, 0.4) is 0 Å². The normalized spacial score (nSPS) is 11.1. The third-order valence-electron chi connectivity index (χ3n) is 4.24. The molecule has 0 fully saturated rings. The number of phenolic OH excluding ortho intramolecular Hbond substituents is 1. The molecule has 1 amide bonds. The van der Waals surface area contributed by atoms with Gasteiger partial charge < -0.3 is 10.4 Å². The molecule has 0 aromatic heterocycles. The highest BCUT2D eigenvalue weighted by molar-refractivity contribution is 7.92. The monoisotopic (exact) mass is 414 g/mol. The van der Waals surface area contributed by atoms with E-state index in [0.717, 1.165) is 11.6 Å². The molecule has 8 heteroatoms. The summed E-state index contributed by atoms with van der Waals surface area (Å²) in [5.41, 5.74) is 1.89. The molecule has 0 saturated heterocycles. The first-order valence-corrected chi connectivity index (χ1v) is 10.1. The minimum atomic E-state index is -3.89. The van der Waals surface area contributed by atoms with Gasteiger partial charge in [-0.1, -0.05) is 6.07 Å². The number of phenols is 1. The lowest BCUT2D eigenvalue weighted by atomic mass is 10.1. The van der Waals surface area contributed by atoms with Gasteiger partial charge in [-0.3, -0.25) is 9.52 Å². The van der Waals surface area contributed by atoms with E-state index in [1.807, 2.05) is 6.92 Å². The fourth-order valence-electron chi connectivity index (χ4n) is 2.63. The lowest BCUT2D eigenvalue weighted by Gasteiger charge is -2.11. The van der Waals surface area contributed by atoms with E-state index in [-0.39, 0.29) is 33.1 Å². The van der Waals surface area contributed by atoms with Crippen molar-refractivity contribution in [3.05, 3.63) is 83.2 Å². The van der Waals surface area contributed by atoms with Crippen molar-refractivity contribution in [2.24, 2.45) is 0 Å². The summed E-state index contributed by atoms with van der Waals surface area (Å²) in [5.74, 6) is -0.982. The van der Waals surface area contributed by atoms with Crippen LogP contribution in [0.15, 0.2) is 65.6 Å². The molecule has 0 spiro atoms. The highest BCUT2D eigenvalue weighted by Crippen LogP contribution is 2.25. The number of aryl methyl sites for hydroxylation is 2. The Kier molecular flexibility index (Phi) is 5.56. The van der Waals surface area contributed by atoms with E-state index in [9.17, 15) is 22.7 Å². The summed E-state index contributed by atoms with van der Waals surface area (Å²) in [4.78, 5) is 12.3. The van der Waals surface area contributed by atoms with Crippen LogP contribution in [-0.4, -0.2) is 19.4 Å². The van der Waals surface area contributed by atoms with Crippen LogP contribution in [0, 0.1) is 19.7 Å². The molecule has 0 aliphatic heterocycles. The first kappa shape index (κ1) is 20.3. The standard InChI is InChI=1S/C21H19FN2O4S/c1-13-3-10-19(20(25)11-13)23-21(26)15-4-6-16(7-5-15)24-29(27,28)17-8-9-18(22)14(2)12-17/h3-12,24-25H,1-2H3,(H,23,26). The number of carbonyl (C=O) groups excluding carboxylic acids is 1. The Morgan fingerprint density at radius 1 is 0.966 bits per heavy atom. The van der Waals surface area contributed by atoms with Gasteiger partial charge in [-0.25, -0.2) is 12.8 Å². The molecule has 0 aliphatic rings. The second-order valence-corrected chi connectivity index (χ2v) is 8.25. The Bertz CT molecular complexity index is 1180. The summed E-state index contributed by atoms with van der Waals surface area (Å²) in [5, 5.41) is 12.5. The zero-order chi connectivity index (χ0) is 21.2. The second-order valence-electron chi connectivity index (χ2n) is 6.57. The Morgan fingerprint density at radius 2 is 1.66 bits per heavy atom. The number of sulfonamides is 1. The highest BCUT2D eigenvalue weighted by Gasteiger charge is 2.16. The van der Waals surface area contributed by atoms with E-state index in [1.54, 1.807) is 12.1 Å². The third kappa shape index (κ3) is 4.72. The van der Waals surface area contributed by atoms with Crippen LogP contribution in [-0.2, 0) is 10.0 Å². The van der Waals surface area contributed by atoms with Gasteiger partial charge in [-0.15, -0.1) is 0 Å². The van der Waals surface area contributed by atoms with Crippen molar-refractivity contribution in [2.75, 3.05) is 10.0 Å². The van der Waals surface area contributed by atoms with E-state index in [1.165, 1.54) is 49.4 Å². The zero-order valence-corrected chi connectivity index (χ0v) is 16.5. The van der Waals surface area contributed by atoms with E-state index in [0.29, 0.717) is 0 Å². The minimum absolute atomic E-state index is 0.0441. The molecular formula is C21H19FN2O4S. The highest BCUT2D eigenvalue weighted by atomic mass is 32.2. The quantitative estimate of drug-likeness (QED) is 0.545. The van der Waals surface area contributed by atoms with Gasteiger partial charge in [-0.05, 0) is 79.6 Å². The number of benzene rings is 3. The van der Waals surface area contributed by atoms with Crippen molar-refractivity contribution in [2.45, 2.75) is 18.7 Å². The van der Waals surface area contributed by atoms with Crippen LogP contribution in [0.2, 0.25) is 0 Å². The van der Waals surface area contributed by atoms with Crippen LogP contribution in [0.1, 0.15) is 21.5 Å². The zero-order valence-electron chi connectivity index (χ0n) is 15.7. The molecule has 3 rings (SSSR count). The van der Waals surface area contributed by atoms with Crippen molar-refractivity contribution in [1.82, 2.24) is 0 Å². The number of hydrogen-bond acceptors (Lipinski definition) is 4. The molecule has 0 bridgehead atoms. The number of nitrogens with one attached hydrogen (secondary N) is 2. The summed E-state index contributed by atoms with van der Waals surface area (Å²) in [7, 11) is -3.89. The van der Waals surface area contributed by atoms with Crippen LogP contribution in [0.4, 0.5) is 15.8 Å². The number of amides is 1. The molecule has 150 valence electrons.